The van der Waals surface area contributed by atoms with Crippen LogP contribution in [-0.4, -0.2) is 17.4 Å². The van der Waals surface area contributed by atoms with E-state index in [0.717, 1.165) is 11.3 Å². The number of nitrogens with one attached hydrogen (secondary N) is 1. The third-order valence-electron chi connectivity index (χ3n) is 3.24. The van der Waals surface area contributed by atoms with Crippen LogP contribution in [0.3, 0.4) is 0 Å². The van der Waals surface area contributed by atoms with Gasteiger partial charge in [-0.3, -0.25) is 9.78 Å². The minimum atomic E-state index is -0.102. The number of pyridine rings is 1. The number of hydrogen-bond acceptors (Lipinski definition) is 3. The van der Waals surface area contributed by atoms with Crippen LogP contribution < -0.4 is 11.1 Å². The molecule has 4 nitrogen and oxygen atoms in total. The van der Waals surface area contributed by atoms with Crippen molar-refractivity contribution >= 4 is 11.6 Å². The van der Waals surface area contributed by atoms with Crippen LogP contribution >= 0.6 is 0 Å². The van der Waals surface area contributed by atoms with Gasteiger partial charge in [-0.05, 0) is 23.8 Å². The third-order valence-corrected chi connectivity index (χ3v) is 3.24. The molecule has 0 fully saturated rings. The van der Waals surface area contributed by atoms with Gasteiger partial charge in [-0.25, -0.2) is 0 Å². The minimum Gasteiger partial charge on any atom is -0.398 e. The summed E-state index contributed by atoms with van der Waals surface area (Å²) < 4.78 is 0. The Morgan fingerprint density at radius 2 is 2.11 bits per heavy atom. The summed E-state index contributed by atoms with van der Waals surface area (Å²) >= 11 is 0. The van der Waals surface area contributed by atoms with Crippen molar-refractivity contribution in [3.05, 3.63) is 59.4 Å². The molecular weight excluding hydrogens is 226 g/mol. The van der Waals surface area contributed by atoms with E-state index in [9.17, 15) is 4.79 Å². The maximum Gasteiger partial charge on any atom is 0.253 e. The second-order valence-electron chi connectivity index (χ2n) is 4.33. The Morgan fingerprint density at radius 3 is 2.89 bits per heavy atom. The van der Waals surface area contributed by atoms with E-state index in [2.05, 4.69) is 10.3 Å². The van der Waals surface area contributed by atoms with Gasteiger partial charge in [0.15, 0.2) is 0 Å². The van der Waals surface area contributed by atoms with Crippen LogP contribution in [0.25, 0.3) is 0 Å². The van der Waals surface area contributed by atoms with Crippen LogP contribution in [-0.2, 0) is 0 Å². The topological polar surface area (TPSA) is 68.0 Å². The number of anilines is 1. The summed E-state index contributed by atoms with van der Waals surface area (Å²) in [6.45, 7) is 0.562. The quantitative estimate of drug-likeness (QED) is 0.742. The summed E-state index contributed by atoms with van der Waals surface area (Å²) in [6, 6.07) is 11.4. The number of rotatable bonds is 1. The maximum absolute atomic E-state index is 11.9. The van der Waals surface area contributed by atoms with Gasteiger partial charge in [-0.15, -0.1) is 0 Å². The van der Waals surface area contributed by atoms with Crippen molar-refractivity contribution in [3.8, 4) is 0 Å². The number of nitrogen functional groups attached to an aromatic ring is 1. The van der Waals surface area contributed by atoms with E-state index < -0.39 is 0 Å². The van der Waals surface area contributed by atoms with Gasteiger partial charge in [0.25, 0.3) is 5.91 Å². The highest BCUT2D eigenvalue weighted by Gasteiger charge is 2.28. The largest absolute Gasteiger partial charge is 0.398 e. The summed E-state index contributed by atoms with van der Waals surface area (Å²) in [5, 5.41) is 2.87. The number of carbonyl (C=O) groups is 1. The second-order valence-corrected chi connectivity index (χ2v) is 4.33. The van der Waals surface area contributed by atoms with Crippen molar-refractivity contribution in [2.45, 2.75) is 5.92 Å². The molecule has 18 heavy (non-hydrogen) atoms. The predicted molar refractivity (Wildman–Crippen MR) is 69.3 cm³/mol. The molecule has 0 spiro atoms. The molecule has 2 heterocycles. The van der Waals surface area contributed by atoms with Crippen molar-refractivity contribution in [2.24, 2.45) is 0 Å². The molecule has 3 N–H and O–H groups in total. The number of fused-ring (bicyclic) bond motifs is 1. The Hall–Kier alpha value is -2.36. The van der Waals surface area contributed by atoms with Crippen LogP contribution in [0.15, 0.2) is 42.6 Å². The van der Waals surface area contributed by atoms with Gasteiger partial charge in [0.2, 0.25) is 0 Å². The highest BCUT2D eigenvalue weighted by atomic mass is 16.1. The van der Waals surface area contributed by atoms with Gasteiger partial charge >= 0.3 is 0 Å². The molecule has 4 heteroatoms. The van der Waals surface area contributed by atoms with Gasteiger partial charge < -0.3 is 11.1 Å². The van der Waals surface area contributed by atoms with Crippen molar-refractivity contribution < 1.29 is 4.79 Å². The molecular formula is C14H13N3O. The first-order valence-corrected chi connectivity index (χ1v) is 5.85. The molecule has 0 bridgehead atoms. The summed E-state index contributed by atoms with van der Waals surface area (Å²) in [4.78, 5) is 16.2. The number of carbonyl (C=O) groups excluding carboxylic acids is 1. The summed E-state index contributed by atoms with van der Waals surface area (Å²) in [7, 11) is 0. The smallest absolute Gasteiger partial charge is 0.253 e. The monoisotopic (exact) mass is 239 g/mol. The molecule has 1 unspecified atom stereocenters. The molecule has 0 saturated heterocycles. The Bertz CT molecular complexity index is 595. The lowest BCUT2D eigenvalue weighted by Crippen LogP contribution is -2.36. The number of hydrogen-bond donors (Lipinski definition) is 2. The van der Waals surface area contributed by atoms with Crippen LogP contribution in [0.1, 0.15) is 27.5 Å². The van der Waals surface area contributed by atoms with Crippen molar-refractivity contribution in [2.75, 3.05) is 12.3 Å². The van der Waals surface area contributed by atoms with Gasteiger partial charge in [-0.2, -0.15) is 0 Å². The fourth-order valence-electron chi connectivity index (χ4n) is 2.38. The molecule has 1 aliphatic heterocycles. The summed E-state index contributed by atoms with van der Waals surface area (Å²) in [6.07, 6.45) is 1.76. The predicted octanol–water partition coefficient (Wildman–Crippen LogP) is 1.54. The first-order chi connectivity index (χ1) is 8.77. The maximum atomic E-state index is 11.9. The van der Waals surface area contributed by atoms with Gasteiger partial charge in [0.1, 0.15) is 0 Å². The fraction of sp³-hybridized carbons (Fsp3) is 0.143. The van der Waals surface area contributed by atoms with E-state index in [4.69, 9.17) is 5.73 Å². The van der Waals surface area contributed by atoms with Crippen LogP contribution in [0, 0.1) is 0 Å². The molecule has 3 rings (SSSR count). The minimum absolute atomic E-state index is 0.0717. The highest BCUT2D eigenvalue weighted by Crippen LogP contribution is 2.31. The Morgan fingerprint density at radius 1 is 1.22 bits per heavy atom. The molecule has 1 aromatic heterocycles. The Kier molecular flexibility index (Phi) is 2.48. The number of nitrogens with two attached hydrogens (primary N) is 1. The Balaban J connectivity index is 2.15. The number of nitrogens with zero attached hydrogens (tertiary/aromatic N) is 1. The van der Waals surface area contributed by atoms with E-state index >= 15 is 0 Å². The lowest BCUT2D eigenvalue weighted by atomic mass is 9.87. The van der Waals surface area contributed by atoms with Crippen molar-refractivity contribution in [1.29, 1.82) is 0 Å². The molecule has 1 aliphatic rings. The van der Waals surface area contributed by atoms with Gasteiger partial charge in [0.05, 0.1) is 5.56 Å². The van der Waals surface area contributed by atoms with Crippen LogP contribution in [0.4, 0.5) is 5.69 Å². The van der Waals surface area contributed by atoms with Crippen molar-refractivity contribution in [3.63, 3.8) is 0 Å². The molecule has 0 aliphatic carbocycles. The lowest BCUT2D eigenvalue weighted by Gasteiger charge is -2.26. The molecule has 1 atom stereocenters. The van der Waals surface area contributed by atoms with Gasteiger partial charge in [0, 0.05) is 30.0 Å². The molecule has 0 saturated carbocycles. The van der Waals surface area contributed by atoms with Gasteiger partial charge in [-0.1, -0.05) is 18.2 Å². The number of benzene rings is 1. The zero-order chi connectivity index (χ0) is 12.5. The van der Waals surface area contributed by atoms with Crippen LogP contribution in [0.2, 0.25) is 0 Å². The molecule has 1 amide bonds. The first-order valence-electron chi connectivity index (χ1n) is 5.85. The SMILES string of the molecule is Nc1cccc2c1C(=O)NCC2c1ccccn1. The molecule has 90 valence electrons. The van der Waals surface area contributed by atoms with Crippen LogP contribution in [0.5, 0.6) is 0 Å². The number of aromatic nitrogens is 1. The van der Waals surface area contributed by atoms with E-state index in [1.165, 1.54) is 0 Å². The zero-order valence-corrected chi connectivity index (χ0v) is 9.76. The average Bonchev–Trinajstić information content (AvgIpc) is 2.40. The third kappa shape index (κ3) is 1.62. The molecule has 1 aromatic carbocycles. The van der Waals surface area contributed by atoms with E-state index in [1.54, 1.807) is 12.3 Å². The molecule has 2 aromatic rings. The second kappa shape index (κ2) is 4.14. The Labute approximate surface area is 105 Å². The van der Waals surface area contributed by atoms with E-state index in [1.807, 2.05) is 30.3 Å². The standard InChI is InChI=1S/C14H13N3O/c15-11-5-3-4-9-10(8-17-14(18)13(9)11)12-6-1-2-7-16-12/h1-7,10H,8,15H2,(H,17,18). The van der Waals surface area contributed by atoms with E-state index in [0.29, 0.717) is 17.8 Å². The normalized spacial score (nSPS) is 18.0. The number of amides is 1. The first kappa shape index (κ1) is 10.8. The fourth-order valence-corrected chi connectivity index (χ4v) is 2.38. The van der Waals surface area contributed by atoms with E-state index in [-0.39, 0.29) is 11.8 Å². The lowest BCUT2D eigenvalue weighted by molar-refractivity contribution is 0.0943. The zero-order valence-electron chi connectivity index (χ0n) is 9.76. The highest BCUT2D eigenvalue weighted by molar-refractivity contribution is 6.02. The molecule has 0 radical (unpaired) electrons. The summed E-state index contributed by atoms with van der Waals surface area (Å²) in [5.74, 6) is -0.0299. The summed E-state index contributed by atoms with van der Waals surface area (Å²) in [5.41, 5.74) is 8.90. The average molecular weight is 239 g/mol. The van der Waals surface area contributed by atoms with Crippen molar-refractivity contribution in [1.82, 2.24) is 10.3 Å².